The van der Waals surface area contributed by atoms with Crippen molar-refractivity contribution in [3.05, 3.63) is 29.8 Å². The Morgan fingerprint density at radius 3 is 3.00 bits per heavy atom. The van der Waals surface area contributed by atoms with Gasteiger partial charge in [-0.1, -0.05) is 12.1 Å². The number of alkyl halides is 1. The summed E-state index contributed by atoms with van der Waals surface area (Å²) in [5.41, 5.74) is 1.64. The van der Waals surface area contributed by atoms with E-state index in [2.05, 4.69) is 10.1 Å². The highest BCUT2D eigenvalue weighted by Crippen LogP contribution is 2.12. The fraction of sp³-hybridized carbons (Fsp3) is 0.222. The maximum Gasteiger partial charge on any atom is 0.411 e. The number of amides is 1. The van der Waals surface area contributed by atoms with Gasteiger partial charge in [0, 0.05) is 11.6 Å². The van der Waals surface area contributed by atoms with Crippen LogP contribution in [0.5, 0.6) is 0 Å². The summed E-state index contributed by atoms with van der Waals surface area (Å²) in [6, 6.07) is 7.27. The Bertz CT molecular complexity index is 301. The smallest absolute Gasteiger partial charge is 0.411 e. The van der Waals surface area contributed by atoms with Crippen LogP contribution in [0.4, 0.5) is 10.5 Å². The van der Waals surface area contributed by atoms with Crippen LogP contribution in [-0.2, 0) is 10.6 Å². The third-order valence-corrected chi connectivity index (χ3v) is 1.82. The van der Waals surface area contributed by atoms with E-state index in [9.17, 15) is 4.79 Å². The number of carbonyl (C=O) groups excluding carboxylic acids is 1. The van der Waals surface area contributed by atoms with Gasteiger partial charge in [0.05, 0.1) is 7.11 Å². The molecule has 0 saturated heterocycles. The molecule has 1 aromatic rings. The van der Waals surface area contributed by atoms with E-state index < -0.39 is 6.09 Å². The van der Waals surface area contributed by atoms with Crippen LogP contribution in [0.1, 0.15) is 5.56 Å². The standard InChI is InChI=1S/C9H10ClNO2/c1-13-9(12)11-8-4-2-3-7(5-8)6-10/h2-5H,6H2,1H3,(H,11,12). The minimum atomic E-state index is -0.480. The summed E-state index contributed by atoms with van der Waals surface area (Å²) in [6.45, 7) is 0. The van der Waals surface area contributed by atoms with Crippen LogP contribution >= 0.6 is 11.6 Å². The summed E-state index contributed by atoms with van der Waals surface area (Å²) in [5, 5.41) is 2.55. The predicted molar refractivity (Wildman–Crippen MR) is 52.0 cm³/mol. The second kappa shape index (κ2) is 4.72. The number of halogens is 1. The summed E-state index contributed by atoms with van der Waals surface area (Å²) < 4.78 is 4.44. The highest BCUT2D eigenvalue weighted by Gasteiger charge is 2.00. The fourth-order valence-electron chi connectivity index (χ4n) is 0.901. The molecule has 3 nitrogen and oxygen atoms in total. The second-order valence-corrected chi connectivity index (χ2v) is 2.72. The van der Waals surface area contributed by atoms with E-state index in [4.69, 9.17) is 11.6 Å². The van der Waals surface area contributed by atoms with Gasteiger partial charge < -0.3 is 4.74 Å². The maximum absolute atomic E-state index is 10.8. The van der Waals surface area contributed by atoms with Gasteiger partial charge in [0.2, 0.25) is 0 Å². The molecule has 0 unspecified atom stereocenters. The van der Waals surface area contributed by atoms with Crippen molar-refractivity contribution in [2.24, 2.45) is 0 Å². The van der Waals surface area contributed by atoms with E-state index >= 15 is 0 Å². The van der Waals surface area contributed by atoms with Crippen LogP contribution in [0.25, 0.3) is 0 Å². The Morgan fingerprint density at radius 1 is 1.62 bits per heavy atom. The third kappa shape index (κ3) is 2.95. The molecule has 0 aliphatic heterocycles. The first-order valence-corrected chi connectivity index (χ1v) is 4.29. The van der Waals surface area contributed by atoms with E-state index in [-0.39, 0.29) is 0 Å². The van der Waals surface area contributed by atoms with Crippen molar-refractivity contribution in [2.75, 3.05) is 12.4 Å². The maximum atomic E-state index is 10.8. The number of hydrogen-bond acceptors (Lipinski definition) is 2. The van der Waals surface area contributed by atoms with Crippen LogP contribution in [0, 0.1) is 0 Å². The first-order valence-electron chi connectivity index (χ1n) is 3.76. The van der Waals surface area contributed by atoms with Crippen LogP contribution in [-0.4, -0.2) is 13.2 Å². The number of methoxy groups -OCH3 is 1. The Labute approximate surface area is 81.7 Å². The average Bonchev–Trinajstić information content (AvgIpc) is 2.18. The Hall–Kier alpha value is -1.22. The molecule has 0 atom stereocenters. The fourth-order valence-corrected chi connectivity index (χ4v) is 1.07. The molecular weight excluding hydrogens is 190 g/mol. The highest BCUT2D eigenvalue weighted by molar-refractivity contribution is 6.17. The molecule has 0 aliphatic carbocycles. The SMILES string of the molecule is COC(=O)Nc1cccc(CCl)c1. The lowest BCUT2D eigenvalue weighted by Gasteiger charge is -2.04. The summed E-state index contributed by atoms with van der Waals surface area (Å²) in [7, 11) is 1.32. The van der Waals surface area contributed by atoms with Gasteiger partial charge in [-0.15, -0.1) is 11.6 Å². The number of rotatable bonds is 2. The molecule has 0 spiro atoms. The minimum Gasteiger partial charge on any atom is -0.453 e. The van der Waals surface area contributed by atoms with Gasteiger partial charge in [-0.3, -0.25) is 5.32 Å². The number of nitrogens with one attached hydrogen (secondary N) is 1. The molecule has 0 heterocycles. The molecule has 4 heteroatoms. The second-order valence-electron chi connectivity index (χ2n) is 2.45. The van der Waals surface area contributed by atoms with Crippen LogP contribution in [0.3, 0.4) is 0 Å². The van der Waals surface area contributed by atoms with Crippen molar-refractivity contribution >= 4 is 23.4 Å². The molecule has 1 rings (SSSR count). The van der Waals surface area contributed by atoms with Gasteiger partial charge in [-0.25, -0.2) is 4.79 Å². The number of benzene rings is 1. The average molecular weight is 200 g/mol. The number of ether oxygens (including phenoxy) is 1. The normalized spacial score (nSPS) is 9.38. The van der Waals surface area contributed by atoms with Crippen molar-refractivity contribution in [3.8, 4) is 0 Å². The van der Waals surface area contributed by atoms with Gasteiger partial charge in [0.15, 0.2) is 0 Å². The third-order valence-electron chi connectivity index (χ3n) is 1.51. The van der Waals surface area contributed by atoms with Crippen molar-refractivity contribution in [1.82, 2.24) is 0 Å². The molecule has 0 fully saturated rings. The minimum absolute atomic E-state index is 0.427. The molecule has 0 radical (unpaired) electrons. The zero-order chi connectivity index (χ0) is 9.68. The molecular formula is C9H10ClNO2. The Morgan fingerprint density at radius 2 is 2.38 bits per heavy atom. The van der Waals surface area contributed by atoms with Crippen molar-refractivity contribution in [1.29, 1.82) is 0 Å². The first-order chi connectivity index (χ1) is 6.26. The Balaban J connectivity index is 2.71. The number of hydrogen-bond donors (Lipinski definition) is 1. The highest BCUT2D eigenvalue weighted by atomic mass is 35.5. The van der Waals surface area contributed by atoms with Gasteiger partial charge in [-0.05, 0) is 17.7 Å². The molecule has 13 heavy (non-hydrogen) atoms. The summed E-state index contributed by atoms with van der Waals surface area (Å²) in [6.07, 6.45) is -0.480. The van der Waals surface area contributed by atoms with Crippen molar-refractivity contribution in [2.45, 2.75) is 5.88 Å². The van der Waals surface area contributed by atoms with Gasteiger partial charge in [-0.2, -0.15) is 0 Å². The molecule has 1 aromatic carbocycles. The summed E-state index contributed by atoms with van der Waals surface area (Å²) in [4.78, 5) is 10.8. The Kier molecular flexibility index (Phi) is 3.58. The lowest BCUT2D eigenvalue weighted by Crippen LogP contribution is -2.10. The molecule has 0 aliphatic rings. The lowest BCUT2D eigenvalue weighted by atomic mass is 10.2. The summed E-state index contributed by atoms with van der Waals surface area (Å²) in [5.74, 6) is 0.427. The molecule has 0 aromatic heterocycles. The van der Waals surface area contributed by atoms with Crippen LogP contribution in [0.2, 0.25) is 0 Å². The summed E-state index contributed by atoms with van der Waals surface area (Å²) >= 11 is 5.63. The lowest BCUT2D eigenvalue weighted by molar-refractivity contribution is 0.187. The largest absolute Gasteiger partial charge is 0.453 e. The van der Waals surface area contributed by atoms with E-state index in [1.165, 1.54) is 7.11 Å². The van der Waals surface area contributed by atoms with E-state index in [0.717, 1.165) is 5.56 Å². The van der Waals surface area contributed by atoms with Crippen molar-refractivity contribution in [3.63, 3.8) is 0 Å². The van der Waals surface area contributed by atoms with Crippen molar-refractivity contribution < 1.29 is 9.53 Å². The van der Waals surface area contributed by atoms with E-state index in [1.54, 1.807) is 12.1 Å². The molecule has 1 N–H and O–H groups in total. The first kappa shape index (κ1) is 9.86. The molecule has 0 bridgehead atoms. The quantitative estimate of drug-likeness (QED) is 0.744. The van der Waals surface area contributed by atoms with Gasteiger partial charge in [0.1, 0.15) is 0 Å². The van der Waals surface area contributed by atoms with E-state index in [0.29, 0.717) is 11.6 Å². The molecule has 70 valence electrons. The van der Waals surface area contributed by atoms with Crippen LogP contribution in [0.15, 0.2) is 24.3 Å². The molecule has 1 amide bonds. The zero-order valence-electron chi connectivity index (χ0n) is 7.21. The van der Waals surface area contributed by atoms with Gasteiger partial charge in [0.25, 0.3) is 0 Å². The molecule has 0 saturated carbocycles. The monoisotopic (exact) mass is 199 g/mol. The predicted octanol–water partition coefficient (Wildman–Crippen LogP) is 2.60. The topological polar surface area (TPSA) is 38.3 Å². The van der Waals surface area contributed by atoms with Crippen LogP contribution < -0.4 is 5.32 Å². The number of anilines is 1. The van der Waals surface area contributed by atoms with E-state index in [1.807, 2.05) is 12.1 Å². The van der Waals surface area contributed by atoms with Gasteiger partial charge >= 0.3 is 6.09 Å². The zero-order valence-corrected chi connectivity index (χ0v) is 7.97. The number of carbonyl (C=O) groups is 1.